The van der Waals surface area contributed by atoms with E-state index in [1.54, 1.807) is 0 Å². The molecule has 2 unspecified atom stereocenters. The maximum Gasteiger partial charge on any atom is 0.218 e. The third kappa shape index (κ3) is 3.85. The summed E-state index contributed by atoms with van der Waals surface area (Å²) in [7, 11) is 0. The van der Waals surface area contributed by atoms with Crippen molar-refractivity contribution in [1.82, 2.24) is 0 Å². The number of rotatable bonds is 6. The number of benzene rings is 3. The Morgan fingerprint density at radius 2 is 1.36 bits per heavy atom. The molecule has 3 aromatic heterocycles. The van der Waals surface area contributed by atoms with Crippen molar-refractivity contribution in [3.63, 3.8) is 0 Å². The number of hydrogen-bond donors (Lipinski definition) is 0. The molecule has 7 rings (SSSR count). The number of hydrogen-bond acceptors (Lipinski definition) is 0. The van der Waals surface area contributed by atoms with Crippen LogP contribution >= 0.6 is 0 Å². The third-order valence-corrected chi connectivity index (χ3v) is 10.4. The first kappa shape index (κ1) is 26.6. The number of nitrogens with zero attached hydrogens (tertiary/aromatic N) is 2. The van der Waals surface area contributed by atoms with Crippen molar-refractivity contribution in [3.8, 4) is 22.4 Å². The van der Waals surface area contributed by atoms with Crippen molar-refractivity contribution in [2.24, 2.45) is 0 Å². The van der Waals surface area contributed by atoms with E-state index in [9.17, 15) is 0 Å². The van der Waals surface area contributed by atoms with Crippen LogP contribution in [-0.2, 0) is 23.8 Å². The summed E-state index contributed by atoms with van der Waals surface area (Å²) in [5.74, 6) is 0. The molecule has 3 aromatic carbocycles. The van der Waals surface area contributed by atoms with Gasteiger partial charge in [0, 0.05) is 42.2 Å². The highest BCUT2D eigenvalue weighted by Gasteiger charge is 2.59. The zero-order chi connectivity index (χ0) is 28.9. The first-order chi connectivity index (χ1) is 20.5. The van der Waals surface area contributed by atoms with Crippen LogP contribution < -0.4 is 8.97 Å². The summed E-state index contributed by atoms with van der Waals surface area (Å²) in [5.41, 5.74) is 10.5. The quantitative estimate of drug-likeness (QED) is 0.145. The molecule has 0 spiro atoms. The van der Waals surface area contributed by atoms with Gasteiger partial charge in [-0.15, -0.1) is 0 Å². The lowest BCUT2D eigenvalue weighted by Crippen LogP contribution is -2.69. The van der Waals surface area contributed by atoms with Crippen LogP contribution in [0.2, 0.25) is 0 Å². The van der Waals surface area contributed by atoms with Crippen LogP contribution in [0.5, 0.6) is 0 Å². The Labute approximate surface area is 249 Å². The van der Waals surface area contributed by atoms with Crippen LogP contribution in [-0.4, -0.2) is 0 Å². The monoisotopic (exact) mass is 548 g/mol. The molecule has 0 bridgehead atoms. The molecule has 0 amide bonds. The lowest BCUT2D eigenvalue weighted by molar-refractivity contribution is -0.766. The Hall–Kier alpha value is -4.30. The van der Waals surface area contributed by atoms with Gasteiger partial charge in [0.05, 0.1) is 16.4 Å². The molecular weight excluding hydrogens is 508 g/mol. The average Bonchev–Trinajstić information content (AvgIpc) is 3.06. The minimum Gasteiger partial charge on any atom is -0.192 e. The van der Waals surface area contributed by atoms with Crippen molar-refractivity contribution >= 4 is 16.3 Å². The van der Waals surface area contributed by atoms with E-state index >= 15 is 0 Å². The Morgan fingerprint density at radius 3 is 2.12 bits per heavy atom. The van der Waals surface area contributed by atoms with Crippen molar-refractivity contribution in [3.05, 3.63) is 138 Å². The van der Waals surface area contributed by atoms with Gasteiger partial charge in [-0.3, -0.25) is 0 Å². The van der Waals surface area contributed by atoms with Crippen LogP contribution in [0, 0.1) is 0 Å². The van der Waals surface area contributed by atoms with E-state index in [4.69, 9.17) is 0 Å². The second-order valence-corrected chi connectivity index (χ2v) is 12.2. The molecule has 6 aromatic rings. The topological polar surface area (TPSA) is 7.98 Å². The molecule has 0 fully saturated rings. The number of aromatic nitrogens is 2. The summed E-state index contributed by atoms with van der Waals surface area (Å²) in [6.45, 7) is 9.56. The van der Waals surface area contributed by atoms with Gasteiger partial charge in [0.15, 0.2) is 24.1 Å². The van der Waals surface area contributed by atoms with E-state index in [1.165, 1.54) is 55.4 Å². The Kier molecular flexibility index (Phi) is 6.46. The first-order valence-electron chi connectivity index (χ1n) is 15.6. The van der Waals surface area contributed by atoms with E-state index in [-0.39, 0.29) is 11.0 Å². The van der Waals surface area contributed by atoms with E-state index in [1.807, 2.05) is 0 Å². The highest BCUT2D eigenvalue weighted by atomic mass is 15.1. The van der Waals surface area contributed by atoms with E-state index < -0.39 is 0 Å². The Morgan fingerprint density at radius 1 is 0.619 bits per heavy atom. The molecule has 0 saturated carbocycles. The summed E-state index contributed by atoms with van der Waals surface area (Å²) in [5, 5.41) is 2.66. The average molecular weight is 549 g/mol. The van der Waals surface area contributed by atoms with Gasteiger partial charge in [-0.25, -0.2) is 0 Å². The lowest BCUT2D eigenvalue weighted by Gasteiger charge is -2.48. The van der Waals surface area contributed by atoms with Crippen LogP contribution in [0.15, 0.2) is 122 Å². The van der Waals surface area contributed by atoms with Crippen LogP contribution in [0.1, 0.15) is 57.2 Å². The van der Waals surface area contributed by atoms with Gasteiger partial charge in [0.25, 0.3) is 0 Å². The van der Waals surface area contributed by atoms with E-state index in [0.29, 0.717) is 0 Å². The smallest absolute Gasteiger partial charge is 0.192 e. The van der Waals surface area contributed by atoms with Gasteiger partial charge in [0.2, 0.25) is 11.2 Å². The SMILES string of the molecule is CCc1ccc2[n+](c1)C(C)(CC)C(CC)(Cc1c[n+]3cc(-c4ccccc4)ccc3c3ccccc13)c1ccccc1-2. The number of aryl methyl sites for hydroxylation is 1. The second kappa shape index (κ2) is 10.2. The fraction of sp³-hybridized carbons (Fsp3) is 0.250. The van der Waals surface area contributed by atoms with Gasteiger partial charge in [-0.2, -0.15) is 8.97 Å². The van der Waals surface area contributed by atoms with Crippen molar-refractivity contribution in [2.45, 2.75) is 64.3 Å². The number of pyridine rings is 3. The fourth-order valence-corrected chi connectivity index (χ4v) is 7.86. The minimum atomic E-state index is -0.0940. The molecule has 2 heteroatoms. The minimum absolute atomic E-state index is 0.0869. The largest absolute Gasteiger partial charge is 0.218 e. The molecule has 0 saturated heterocycles. The molecule has 1 aliphatic heterocycles. The van der Waals surface area contributed by atoms with E-state index in [0.717, 1.165) is 25.7 Å². The molecule has 0 radical (unpaired) electrons. The van der Waals surface area contributed by atoms with Crippen LogP contribution in [0.25, 0.3) is 38.7 Å². The molecule has 4 heterocycles. The van der Waals surface area contributed by atoms with Gasteiger partial charge >= 0.3 is 0 Å². The first-order valence-corrected chi connectivity index (χ1v) is 15.6. The van der Waals surface area contributed by atoms with Gasteiger partial charge in [-0.1, -0.05) is 87.5 Å². The highest BCUT2D eigenvalue weighted by molar-refractivity contribution is 5.96. The predicted molar refractivity (Wildman–Crippen MR) is 174 cm³/mol. The van der Waals surface area contributed by atoms with Crippen molar-refractivity contribution in [1.29, 1.82) is 0 Å². The molecule has 1 aliphatic rings. The number of fused-ring (bicyclic) bond motifs is 6. The highest BCUT2D eigenvalue weighted by Crippen LogP contribution is 2.52. The van der Waals surface area contributed by atoms with Crippen molar-refractivity contribution < 1.29 is 8.97 Å². The normalized spacial score (nSPS) is 19.5. The summed E-state index contributed by atoms with van der Waals surface area (Å²) >= 11 is 0. The standard InChI is InChI=1S/C40H40N2/c1-5-29-21-23-38-35-19-13-14-20-36(35)40(7-3,39(4,6-2)42(38)26-29)25-32-28-41-27-31(30-15-9-8-10-16-30)22-24-37(41)34-18-12-11-17-33(32)34/h8-24,26-28H,5-7,25H2,1-4H3/q+2. The molecule has 208 valence electrons. The van der Waals surface area contributed by atoms with Crippen molar-refractivity contribution in [2.75, 3.05) is 0 Å². The third-order valence-electron chi connectivity index (χ3n) is 10.4. The second-order valence-electron chi connectivity index (χ2n) is 12.2. The lowest BCUT2D eigenvalue weighted by atomic mass is 9.57. The molecule has 0 aliphatic carbocycles. The Bertz CT molecular complexity index is 1940. The van der Waals surface area contributed by atoms with Gasteiger partial charge in [-0.05, 0) is 60.0 Å². The molecular formula is C40H40N2+2. The molecule has 0 N–H and O–H groups in total. The van der Waals surface area contributed by atoms with Gasteiger partial charge in [0.1, 0.15) is 0 Å². The molecule has 2 nitrogen and oxygen atoms in total. The zero-order valence-corrected chi connectivity index (χ0v) is 25.3. The zero-order valence-electron chi connectivity index (χ0n) is 25.3. The van der Waals surface area contributed by atoms with Crippen LogP contribution in [0.4, 0.5) is 0 Å². The Balaban J connectivity index is 1.49. The molecule has 42 heavy (non-hydrogen) atoms. The fourth-order valence-electron chi connectivity index (χ4n) is 7.86. The summed E-state index contributed by atoms with van der Waals surface area (Å²) in [6.07, 6.45) is 11.3. The predicted octanol–water partition coefficient (Wildman–Crippen LogP) is 8.79. The molecule has 2 atom stereocenters. The summed E-state index contributed by atoms with van der Waals surface area (Å²) in [4.78, 5) is 0. The maximum absolute atomic E-state index is 2.64. The summed E-state index contributed by atoms with van der Waals surface area (Å²) in [6, 6.07) is 38.1. The van der Waals surface area contributed by atoms with Gasteiger partial charge < -0.3 is 0 Å². The van der Waals surface area contributed by atoms with Crippen LogP contribution in [0.3, 0.4) is 0 Å². The summed E-state index contributed by atoms with van der Waals surface area (Å²) < 4.78 is 5.01. The maximum atomic E-state index is 2.64. The van der Waals surface area contributed by atoms with E-state index in [2.05, 4.69) is 158 Å².